The molecule has 3 aromatic rings. The molecular weight excluding hydrogens is 390 g/mol. The zero-order valence-electron chi connectivity index (χ0n) is 17.9. The zero-order chi connectivity index (χ0) is 21.8. The molecule has 160 valence electrons. The summed E-state index contributed by atoms with van der Waals surface area (Å²) in [6, 6.07) is 21.4. The summed E-state index contributed by atoms with van der Waals surface area (Å²) in [6.07, 6.45) is 0. The maximum atomic E-state index is 13.2. The van der Waals surface area contributed by atoms with Crippen LogP contribution in [0.2, 0.25) is 0 Å². The van der Waals surface area contributed by atoms with Crippen molar-refractivity contribution in [1.82, 2.24) is 14.7 Å². The number of rotatable bonds is 5. The number of para-hydroxylation sites is 2. The molecule has 7 nitrogen and oxygen atoms in total. The lowest BCUT2D eigenvalue weighted by Gasteiger charge is -2.35. The molecule has 0 spiro atoms. The van der Waals surface area contributed by atoms with Gasteiger partial charge in [-0.1, -0.05) is 50.2 Å². The molecule has 1 aliphatic rings. The van der Waals surface area contributed by atoms with Gasteiger partial charge in [-0.15, -0.1) is 0 Å². The van der Waals surface area contributed by atoms with E-state index in [2.05, 4.69) is 27.4 Å². The van der Waals surface area contributed by atoms with Crippen molar-refractivity contribution in [2.24, 2.45) is 5.92 Å². The molecule has 0 bridgehead atoms. The Balaban J connectivity index is 1.53. The van der Waals surface area contributed by atoms with Crippen LogP contribution < -0.4 is 10.2 Å². The van der Waals surface area contributed by atoms with Crippen LogP contribution in [0.4, 0.5) is 11.5 Å². The first-order valence-corrected chi connectivity index (χ1v) is 10.6. The number of carbonyl (C=O) groups excluding carboxylic acids is 2. The van der Waals surface area contributed by atoms with Gasteiger partial charge in [0.2, 0.25) is 5.91 Å². The van der Waals surface area contributed by atoms with E-state index in [1.54, 1.807) is 10.7 Å². The number of benzene rings is 2. The van der Waals surface area contributed by atoms with Crippen LogP contribution in [0.3, 0.4) is 0 Å². The van der Waals surface area contributed by atoms with Crippen LogP contribution in [0.15, 0.2) is 66.7 Å². The molecule has 1 fully saturated rings. The molecule has 31 heavy (non-hydrogen) atoms. The lowest BCUT2D eigenvalue weighted by atomic mass is 10.2. The first-order valence-electron chi connectivity index (χ1n) is 10.6. The van der Waals surface area contributed by atoms with E-state index in [1.165, 1.54) is 5.69 Å². The van der Waals surface area contributed by atoms with E-state index in [1.807, 2.05) is 67.3 Å². The second-order valence-corrected chi connectivity index (χ2v) is 7.92. The second kappa shape index (κ2) is 9.04. The van der Waals surface area contributed by atoms with Gasteiger partial charge in [0.05, 0.1) is 5.69 Å². The van der Waals surface area contributed by atoms with Crippen molar-refractivity contribution in [3.05, 3.63) is 72.4 Å². The average molecular weight is 418 g/mol. The molecule has 2 heterocycles. The number of amides is 2. The third-order valence-corrected chi connectivity index (χ3v) is 5.39. The van der Waals surface area contributed by atoms with Gasteiger partial charge in [-0.05, 0) is 24.3 Å². The van der Waals surface area contributed by atoms with Crippen LogP contribution >= 0.6 is 0 Å². The largest absolute Gasteiger partial charge is 0.368 e. The fourth-order valence-electron chi connectivity index (χ4n) is 3.58. The van der Waals surface area contributed by atoms with E-state index >= 15 is 0 Å². The summed E-state index contributed by atoms with van der Waals surface area (Å²) in [5, 5.41) is 7.44. The molecule has 1 aliphatic heterocycles. The summed E-state index contributed by atoms with van der Waals surface area (Å²) in [7, 11) is 0. The van der Waals surface area contributed by atoms with Crippen molar-refractivity contribution < 1.29 is 9.59 Å². The molecule has 0 radical (unpaired) electrons. The summed E-state index contributed by atoms with van der Waals surface area (Å²) >= 11 is 0. The van der Waals surface area contributed by atoms with Crippen LogP contribution in [-0.4, -0.2) is 52.7 Å². The average Bonchev–Trinajstić information content (AvgIpc) is 3.23. The van der Waals surface area contributed by atoms with Gasteiger partial charge >= 0.3 is 0 Å². The Morgan fingerprint density at radius 1 is 0.871 bits per heavy atom. The van der Waals surface area contributed by atoms with Gasteiger partial charge in [-0.3, -0.25) is 9.59 Å². The highest BCUT2D eigenvalue weighted by molar-refractivity contribution is 5.96. The topological polar surface area (TPSA) is 70.5 Å². The van der Waals surface area contributed by atoms with Gasteiger partial charge in [0.1, 0.15) is 5.82 Å². The number of aromatic nitrogens is 2. The van der Waals surface area contributed by atoms with Crippen LogP contribution in [0.5, 0.6) is 0 Å². The minimum absolute atomic E-state index is 0.118. The molecule has 0 atom stereocenters. The van der Waals surface area contributed by atoms with Crippen molar-refractivity contribution >= 4 is 23.3 Å². The molecule has 1 N–H and O–H groups in total. The fraction of sp³-hybridized carbons (Fsp3) is 0.292. The Labute approximate surface area is 182 Å². The van der Waals surface area contributed by atoms with E-state index in [9.17, 15) is 9.59 Å². The van der Waals surface area contributed by atoms with E-state index in [4.69, 9.17) is 0 Å². The van der Waals surface area contributed by atoms with Gasteiger partial charge in [0, 0.05) is 43.9 Å². The first kappa shape index (κ1) is 20.7. The normalized spacial score (nSPS) is 14.0. The third-order valence-electron chi connectivity index (χ3n) is 5.39. The van der Waals surface area contributed by atoms with E-state index in [0.29, 0.717) is 24.6 Å². The number of hydrogen-bond acceptors (Lipinski definition) is 4. The van der Waals surface area contributed by atoms with Crippen LogP contribution in [0.25, 0.3) is 5.69 Å². The van der Waals surface area contributed by atoms with Gasteiger partial charge in [0.15, 0.2) is 5.69 Å². The molecule has 1 aromatic heterocycles. The molecule has 7 heteroatoms. The summed E-state index contributed by atoms with van der Waals surface area (Å²) in [5.74, 6) is 0.0792. The van der Waals surface area contributed by atoms with Gasteiger partial charge in [-0.25, -0.2) is 4.68 Å². The Hall–Kier alpha value is -3.61. The number of piperazine rings is 1. The van der Waals surface area contributed by atoms with Gasteiger partial charge in [-0.2, -0.15) is 5.10 Å². The van der Waals surface area contributed by atoms with E-state index in [-0.39, 0.29) is 17.7 Å². The number of nitrogens with one attached hydrogen (secondary N) is 1. The molecule has 4 rings (SSSR count). The van der Waals surface area contributed by atoms with Crippen molar-refractivity contribution in [2.45, 2.75) is 13.8 Å². The monoisotopic (exact) mass is 417 g/mol. The third kappa shape index (κ3) is 4.60. The van der Waals surface area contributed by atoms with Gasteiger partial charge in [0.25, 0.3) is 5.91 Å². The minimum Gasteiger partial charge on any atom is -0.368 e. The maximum absolute atomic E-state index is 13.2. The maximum Gasteiger partial charge on any atom is 0.274 e. The van der Waals surface area contributed by atoms with Gasteiger partial charge < -0.3 is 15.1 Å². The lowest BCUT2D eigenvalue weighted by molar-refractivity contribution is -0.118. The highest BCUT2D eigenvalue weighted by Gasteiger charge is 2.26. The number of hydrogen-bond donors (Lipinski definition) is 1. The molecule has 0 unspecified atom stereocenters. The number of nitrogens with zero attached hydrogens (tertiary/aromatic N) is 4. The SMILES string of the molecule is CC(C)C(=O)Nc1cc(C(=O)N2CCN(c3ccccc3)CC2)nn1-c1ccccc1. The highest BCUT2D eigenvalue weighted by atomic mass is 16.2. The van der Waals surface area contributed by atoms with Crippen LogP contribution in [-0.2, 0) is 4.79 Å². The molecule has 2 aromatic carbocycles. The Morgan fingerprint density at radius 2 is 1.45 bits per heavy atom. The highest BCUT2D eigenvalue weighted by Crippen LogP contribution is 2.21. The molecular formula is C24H27N5O2. The van der Waals surface area contributed by atoms with Crippen molar-refractivity contribution in [3.8, 4) is 5.69 Å². The minimum atomic E-state index is -0.177. The molecule has 2 amide bonds. The quantitative estimate of drug-likeness (QED) is 0.691. The number of carbonyl (C=O) groups is 2. The second-order valence-electron chi connectivity index (χ2n) is 7.92. The van der Waals surface area contributed by atoms with Crippen molar-refractivity contribution in [2.75, 3.05) is 36.4 Å². The molecule has 0 aliphatic carbocycles. The summed E-state index contributed by atoms with van der Waals surface area (Å²) < 4.78 is 1.62. The Bertz CT molecular complexity index is 1040. The Kier molecular flexibility index (Phi) is 6.02. The summed E-state index contributed by atoms with van der Waals surface area (Å²) in [5.41, 5.74) is 2.28. The van der Waals surface area contributed by atoms with Crippen molar-refractivity contribution in [1.29, 1.82) is 0 Å². The van der Waals surface area contributed by atoms with Crippen molar-refractivity contribution in [3.63, 3.8) is 0 Å². The van der Waals surface area contributed by atoms with Crippen LogP contribution in [0, 0.1) is 5.92 Å². The predicted octanol–water partition coefficient (Wildman–Crippen LogP) is 3.43. The summed E-state index contributed by atoms with van der Waals surface area (Å²) in [4.78, 5) is 29.6. The summed E-state index contributed by atoms with van der Waals surface area (Å²) in [6.45, 7) is 6.45. The van der Waals surface area contributed by atoms with E-state index in [0.717, 1.165) is 18.8 Å². The fourth-order valence-corrected chi connectivity index (χ4v) is 3.58. The lowest BCUT2D eigenvalue weighted by Crippen LogP contribution is -2.48. The van der Waals surface area contributed by atoms with E-state index < -0.39 is 0 Å². The smallest absolute Gasteiger partial charge is 0.274 e. The first-order chi connectivity index (χ1) is 15.0. The molecule has 1 saturated heterocycles. The van der Waals surface area contributed by atoms with Crippen LogP contribution in [0.1, 0.15) is 24.3 Å². The predicted molar refractivity (Wildman–Crippen MR) is 122 cm³/mol. The zero-order valence-corrected chi connectivity index (χ0v) is 17.9. The Morgan fingerprint density at radius 3 is 2.03 bits per heavy atom. The number of anilines is 2. The molecule has 0 saturated carbocycles. The standard InChI is InChI=1S/C24H27N5O2/c1-18(2)23(30)25-22-17-21(26-29(22)20-11-7-4-8-12-20)24(31)28-15-13-27(14-16-28)19-9-5-3-6-10-19/h3-12,17-18H,13-16H2,1-2H3,(H,25,30).